The van der Waals surface area contributed by atoms with Gasteiger partial charge in [-0.15, -0.1) is 0 Å². The molecule has 134 valence electrons. The summed E-state index contributed by atoms with van der Waals surface area (Å²) in [5, 5.41) is 0. The number of rotatable bonds is 9. The van der Waals surface area contributed by atoms with Gasteiger partial charge in [-0.1, -0.05) is 6.92 Å². The van der Waals surface area contributed by atoms with Crippen LogP contribution in [0.5, 0.6) is 5.75 Å². The molecule has 1 aromatic rings. The predicted molar refractivity (Wildman–Crippen MR) is 93.0 cm³/mol. The number of quaternary nitrogens is 1. The molecule has 0 spiro atoms. The molecule has 0 aliphatic carbocycles. The molecule has 5 nitrogen and oxygen atoms in total. The van der Waals surface area contributed by atoms with Crippen LogP contribution in [0.4, 0.5) is 0 Å². The van der Waals surface area contributed by atoms with Crippen molar-refractivity contribution in [1.82, 2.24) is 0 Å². The molecule has 1 aromatic carbocycles. The monoisotopic (exact) mass is 336 g/mol. The van der Waals surface area contributed by atoms with E-state index in [1.165, 1.54) is 0 Å². The zero-order chi connectivity index (χ0) is 17.4. The second kappa shape index (κ2) is 9.77. The summed E-state index contributed by atoms with van der Waals surface area (Å²) in [6, 6.07) is 7.30. The summed E-state index contributed by atoms with van der Waals surface area (Å²) in [7, 11) is 0. The van der Waals surface area contributed by atoms with E-state index in [1.54, 1.807) is 4.90 Å². The van der Waals surface area contributed by atoms with Gasteiger partial charge in [0.05, 0.1) is 13.2 Å². The predicted octanol–water partition coefficient (Wildman–Crippen LogP) is 1.37. The van der Waals surface area contributed by atoms with E-state index in [2.05, 4.69) is 13.8 Å². The van der Waals surface area contributed by atoms with E-state index < -0.39 is 0 Å². The normalized spacial score (nSPS) is 23.9. The van der Waals surface area contributed by atoms with Crippen molar-refractivity contribution in [1.29, 1.82) is 0 Å². The minimum Gasteiger partial charge on any atom is -0.491 e. The Morgan fingerprint density at radius 3 is 2.42 bits per heavy atom. The van der Waals surface area contributed by atoms with Crippen molar-refractivity contribution in [3.8, 4) is 5.75 Å². The molecule has 0 aromatic heterocycles. The first-order chi connectivity index (χ1) is 11.6. The SMILES string of the molecule is CCC(=O)c1ccc(OCCOCC[NH+]2C[C@@H](C)O[C@@H](C)C2)cc1. The lowest BCUT2D eigenvalue weighted by Crippen LogP contribution is -3.15. The summed E-state index contributed by atoms with van der Waals surface area (Å²) < 4.78 is 17.0. The van der Waals surface area contributed by atoms with Crippen molar-refractivity contribution < 1.29 is 23.9 Å². The maximum Gasteiger partial charge on any atom is 0.162 e. The summed E-state index contributed by atoms with van der Waals surface area (Å²) in [6.07, 6.45) is 1.18. The Morgan fingerprint density at radius 2 is 1.79 bits per heavy atom. The number of ether oxygens (including phenoxy) is 3. The van der Waals surface area contributed by atoms with Crippen LogP contribution in [0.3, 0.4) is 0 Å². The molecule has 1 fully saturated rings. The second-order valence-corrected chi connectivity index (χ2v) is 6.43. The highest BCUT2D eigenvalue weighted by Gasteiger charge is 2.24. The molecule has 1 heterocycles. The molecule has 24 heavy (non-hydrogen) atoms. The van der Waals surface area contributed by atoms with Gasteiger partial charge in [0.15, 0.2) is 5.78 Å². The summed E-state index contributed by atoms with van der Waals surface area (Å²) in [5.74, 6) is 0.923. The molecule has 1 aliphatic heterocycles. The molecule has 0 amide bonds. The van der Waals surface area contributed by atoms with E-state index in [1.807, 2.05) is 31.2 Å². The van der Waals surface area contributed by atoms with Crippen molar-refractivity contribution in [2.75, 3.05) is 39.5 Å². The van der Waals surface area contributed by atoms with Crippen LogP contribution >= 0.6 is 0 Å². The third-order valence-corrected chi connectivity index (χ3v) is 4.21. The van der Waals surface area contributed by atoms with Crippen LogP contribution < -0.4 is 9.64 Å². The third kappa shape index (κ3) is 6.23. The van der Waals surface area contributed by atoms with Crippen molar-refractivity contribution in [2.24, 2.45) is 0 Å². The number of hydrogen-bond donors (Lipinski definition) is 1. The molecule has 0 bridgehead atoms. The first-order valence-corrected chi connectivity index (χ1v) is 8.91. The number of ketones is 1. The molecule has 0 radical (unpaired) electrons. The average Bonchev–Trinajstić information content (AvgIpc) is 2.57. The zero-order valence-electron chi connectivity index (χ0n) is 15.0. The number of carbonyl (C=O) groups excluding carboxylic acids is 1. The van der Waals surface area contributed by atoms with Crippen LogP contribution in [0.1, 0.15) is 37.6 Å². The quantitative estimate of drug-likeness (QED) is 0.547. The fourth-order valence-electron chi connectivity index (χ4n) is 3.07. The van der Waals surface area contributed by atoms with Crippen LogP contribution in [-0.4, -0.2) is 57.4 Å². The van der Waals surface area contributed by atoms with E-state index in [9.17, 15) is 4.79 Å². The Labute approximate surface area is 144 Å². The maximum atomic E-state index is 11.6. The van der Waals surface area contributed by atoms with E-state index >= 15 is 0 Å². The number of morpholine rings is 1. The van der Waals surface area contributed by atoms with E-state index in [0.717, 1.165) is 37.6 Å². The smallest absolute Gasteiger partial charge is 0.162 e. The minimum atomic E-state index is 0.152. The number of nitrogens with one attached hydrogen (secondary N) is 1. The summed E-state index contributed by atoms with van der Waals surface area (Å²) >= 11 is 0. The Kier molecular flexibility index (Phi) is 7.69. The van der Waals surface area contributed by atoms with Crippen molar-refractivity contribution in [2.45, 2.75) is 39.4 Å². The van der Waals surface area contributed by atoms with E-state index in [4.69, 9.17) is 14.2 Å². The summed E-state index contributed by atoms with van der Waals surface area (Å²) in [5.41, 5.74) is 0.734. The molecule has 0 saturated carbocycles. The highest BCUT2D eigenvalue weighted by Crippen LogP contribution is 2.13. The van der Waals surface area contributed by atoms with Gasteiger partial charge in [-0.25, -0.2) is 0 Å². The van der Waals surface area contributed by atoms with E-state index in [-0.39, 0.29) is 5.78 Å². The Balaban J connectivity index is 1.57. The van der Waals surface area contributed by atoms with Gasteiger partial charge in [0.25, 0.3) is 0 Å². The fraction of sp³-hybridized carbons (Fsp3) is 0.632. The molecule has 1 unspecified atom stereocenters. The van der Waals surface area contributed by atoms with Gasteiger partial charge < -0.3 is 19.1 Å². The molecule has 2 rings (SSSR count). The second-order valence-electron chi connectivity index (χ2n) is 6.43. The lowest BCUT2D eigenvalue weighted by molar-refractivity contribution is -0.915. The Hall–Kier alpha value is -1.43. The van der Waals surface area contributed by atoms with Crippen LogP contribution in [0, 0.1) is 0 Å². The van der Waals surface area contributed by atoms with Gasteiger partial charge in [0.2, 0.25) is 0 Å². The van der Waals surface area contributed by atoms with Crippen molar-refractivity contribution in [3.63, 3.8) is 0 Å². The van der Waals surface area contributed by atoms with Crippen LogP contribution in [0.15, 0.2) is 24.3 Å². The molecule has 3 atom stereocenters. The van der Waals surface area contributed by atoms with Gasteiger partial charge >= 0.3 is 0 Å². The number of Topliss-reactive ketones (excluding diaryl/α,β-unsaturated/α-hetero) is 1. The lowest BCUT2D eigenvalue weighted by Gasteiger charge is -2.32. The fourth-order valence-corrected chi connectivity index (χ4v) is 3.07. The minimum absolute atomic E-state index is 0.152. The highest BCUT2D eigenvalue weighted by molar-refractivity contribution is 5.95. The first kappa shape index (κ1) is 18.9. The van der Waals surface area contributed by atoms with Crippen molar-refractivity contribution >= 4 is 5.78 Å². The topological polar surface area (TPSA) is 49.2 Å². The first-order valence-electron chi connectivity index (χ1n) is 8.91. The standard InChI is InChI=1S/C19H29NO4/c1-4-19(21)17-5-7-18(8-6-17)23-12-11-22-10-9-20-13-15(2)24-16(3)14-20/h5-8,15-16H,4,9-14H2,1-3H3/p+1/t15-,16+. The molecule has 1 aliphatic rings. The average molecular weight is 336 g/mol. The Morgan fingerprint density at radius 1 is 1.12 bits per heavy atom. The zero-order valence-corrected chi connectivity index (χ0v) is 15.0. The van der Waals surface area contributed by atoms with Gasteiger partial charge in [0.1, 0.15) is 44.2 Å². The molecule has 1 saturated heterocycles. The maximum absolute atomic E-state index is 11.6. The summed E-state index contributed by atoms with van der Waals surface area (Å²) in [4.78, 5) is 13.1. The van der Waals surface area contributed by atoms with Gasteiger partial charge in [0, 0.05) is 12.0 Å². The molecular formula is C19H30NO4+. The summed E-state index contributed by atoms with van der Waals surface area (Å²) in [6.45, 7) is 11.1. The largest absolute Gasteiger partial charge is 0.491 e. The van der Waals surface area contributed by atoms with E-state index in [0.29, 0.717) is 31.8 Å². The van der Waals surface area contributed by atoms with Gasteiger partial charge in [-0.3, -0.25) is 4.79 Å². The molecule has 5 heteroatoms. The lowest BCUT2D eigenvalue weighted by atomic mass is 10.1. The Bertz CT molecular complexity index is 493. The molecular weight excluding hydrogens is 306 g/mol. The number of carbonyl (C=O) groups is 1. The van der Waals surface area contributed by atoms with Crippen LogP contribution in [-0.2, 0) is 9.47 Å². The van der Waals surface area contributed by atoms with Crippen LogP contribution in [0.25, 0.3) is 0 Å². The molecule has 1 N–H and O–H groups in total. The highest BCUT2D eigenvalue weighted by atomic mass is 16.5. The van der Waals surface area contributed by atoms with Gasteiger partial charge in [-0.05, 0) is 38.1 Å². The van der Waals surface area contributed by atoms with Gasteiger partial charge in [-0.2, -0.15) is 0 Å². The number of benzene rings is 1. The third-order valence-electron chi connectivity index (χ3n) is 4.21. The van der Waals surface area contributed by atoms with Crippen LogP contribution in [0.2, 0.25) is 0 Å². The van der Waals surface area contributed by atoms with Crippen molar-refractivity contribution in [3.05, 3.63) is 29.8 Å². The number of hydrogen-bond acceptors (Lipinski definition) is 4.